The molecule has 140 valence electrons. The Morgan fingerprint density at radius 2 is 1.63 bits per heavy atom. The number of nitrogens with zero attached hydrogens (tertiary/aromatic N) is 1. The van der Waals surface area contributed by atoms with Gasteiger partial charge in [-0.1, -0.05) is 12.1 Å². The lowest BCUT2D eigenvalue weighted by molar-refractivity contribution is -0.117. The largest absolute Gasteiger partial charge is 0.440 e. The molecule has 3 rings (SSSR count). The van der Waals surface area contributed by atoms with Crippen LogP contribution in [0.2, 0.25) is 0 Å². The predicted molar refractivity (Wildman–Crippen MR) is 99.4 cm³/mol. The fourth-order valence-electron chi connectivity index (χ4n) is 2.61. The Hall–Kier alpha value is -2.80. The van der Waals surface area contributed by atoms with Gasteiger partial charge in [-0.25, -0.2) is 17.8 Å². The molecule has 0 saturated heterocycles. The van der Waals surface area contributed by atoms with Crippen molar-refractivity contribution in [1.29, 1.82) is 0 Å². The maximum atomic E-state index is 13.3. The molecule has 7 heteroatoms. The quantitative estimate of drug-likeness (QED) is 0.637. The molecule has 0 unspecified atom stereocenters. The van der Waals surface area contributed by atoms with Gasteiger partial charge in [-0.05, 0) is 43.3 Å². The minimum atomic E-state index is -3.30. The van der Waals surface area contributed by atoms with Crippen molar-refractivity contribution in [1.82, 2.24) is 4.98 Å². The monoisotopic (exact) mass is 387 g/mol. The number of rotatable bonds is 6. The van der Waals surface area contributed by atoms with Gasteiger partial charge in [0.25, 0.3) is 0 Å². The lowest BCUT2D eigenvalue weighted by atomic mass is 10.1. The number of carbonyl (C=O) groups is 1. The topological polar surface area (TPSA) is 77.2 Å². The van der Waals surface area contributed by atoms with Gasteiger partial charge in [0.15, 0.2) is 21.5 Å². The molecule has 0 fully saturated rings. The number of benzene rings is 2. The number of carbonyl (C=O) groups excluding carboxylic acids is 1. The maximum absolute atomic E-state index is 13.3. The summed E-state index contributed by atoms with van der Waals surface area (Å²) in [5.41, 5.74) is 1.82. The maximum Gasteiger partial charge on any atom is 0.195 e. The third-order valence-electron chi connectivity index (χ3n) is 4.02. The standard InChI is InChI=1S/C20H18FNO4S/c1-13(23)3-12-18-22-19(14-6-10-17(11-7-14)27(2,24)25)20(26-18)15-4-8-16(21)9-5-15/h4-11H,3,12H2,1-2H3. The Bertz CT molecular complexity index is 1070. The highest BCUT2D eigenvalue weighted by molar-refractivity contribution is 7.90. The second-order valence-corrected chi connectivity index (χ2v) is 8.31. The van der Waals surface area contributed by atoms with Gasteiger partial charge in [0.1, 0.15) is 17.3 Å². The normalized spacial score (nSPS) is 11.5. The average Bonchev–Trinajstić information content (AvgIpc) is 3.04. The van der Waals surface area contributed by atoms with Crippen LogP contribution in [0.5, 0.6) is 0 Å². The van der Waals surface area contributed by atoms with Crippen molar-refractivity contribution in [3.63, 3.8) is 0 Å². The Labute approximate surface area is 156 Å². The van der Waals surface area contributed by atoms with Crippen LogP contribution in [0.25, 0.3) is 22.6 Å². The summed E-state index contributed by atoms with van der Waals surface area (Å²) >= 11 is 0. The molecule has 3 aromatic rings. The third-order valence-corrected chi connectivity index (χ3v) is 5.15. The van der Waals surface area contributed by atoms with E-state index >= 15 is 0 Å². The molecule has 0 radical (unpaired) electrons. The van der Waals surface area contributed by atoms with E-state index in [1.54, 1.807) is 24.3 Å². The zero-order valence-electron chi connectivity index (χ0n) is 14.9. The summed E-state index contributed by atoms with van der Waals surface area (Å²) in [6, 6.07) is 12.1. The summed E-state index contributed by atoms with van der Waals surface area (Å²) in [4.78, 5) is 15.9. The van der Waals surface area contributed by atoms with Gasteiger partial charge in [0, 0.05) is 30.2 Å². The number of aromatic nitrogens is 1. The minimum Gasteiger partial charge on any atom is -0.440 e. The number of hydrogen-bond donors (Lipinski definition) is 0. The van der Waals surface area contributed by atoms with Crippen LogP contribution in [0.1, 0.15) is 19.2 Å². The highest BCUT2D eigenvalue weighted by Gasteiger charge is 2.18. The Balaban J connectivity index is 2.06. The Morgan fingerprint density at radius 1 is 1.04 bits per heavy atom. The van der Waals surface area contributed by atoms with Gasteiger partial charge in [-0.15, -0.1) is 0 Å². The van der Waals surface area contributed by atoms with E-state index in [1.807, 2.05) is 0 Å². The Morgan fingerprint density at radius 3 is 2.19 bits per heavy atom. The molecule has 5 nitrogen and oxygen atoms in total. The van der Waals surface area contributed by atoms with E-state index in [9.17, 15) is 17.6 Å². The number of halogens is 1. The summed E-state index contributed by atoms with van der Waals surface area (Å²) in [6.07, 6.45) is 1.79. The molecule has 2 aromatic carbocycles. The highest BCUT2D eigenvalue weighted by atomic mass is 32.2. The number of oxazole rings is 1. The molecule has 0 atom stereocenters. The smallest absolute Gasteiger partial charge is 0.195 e. The van der Waals surface area contributed by atoms with Crippen molar-refractivity contribution in [2.24, 2.45) is 0 Å². The average molecular weight is 387 g/mol. The number of sulfone groups is 1. The van der Waals surface area contributed by atoms with Gasteiger partial charge in [0.2, 0.25) is 0 Å². The number of ketones is 1. The van der Waals surface area contributed by atoms with Crippen LogP contribution in [0.4, 0.5) is 4.39 Å². The van der Waals surface area contributed by atoms with Crippen molar-refractivity contribution in [3.8, 4) is 22.6 Å². The summed E-state index contributed by atoms with van der Waals surface area (Å²) in [5.74, 6) is 0.497. The van der Waals surface area contributed by atoms with E-state index in [0.29, 0.717) is 41.3 Å². The molecule has 27 heavy (non-hydrogen) atoms. The number of Topliss-reactive ketones (excluding diaryl/α,β-unsaturated/α-hetero) is 1. The van der Waals surface area contributed by atoms with Crippen LogP contribution in [0, 0.1) is 5.82 Å². The molecule has 1 aromatic heterocycles. The molecule has 1 heterocycles. The molecule has 0 aliphatic rings. The first-order chi connectivity index (χ1) is 12.7. The van der Waals surface area contributed by atoms with Crippen molar-refractivity contribution < 1.29 is 22.0 Å². The van der Waals surface area contributed by atoms with Gasteiger partial charge in [-0.3, -0.25) is 0 Å². The first-order valence-corrected chi connectivity index (χ1v) is 10.2. The van der Waals surface area contributed by atoms with E-state index < -0.39 is 9.84 Å². The molecule has 0 saturated carbocycles. The molecule has 0 amide bonds. The molecular weight excluding hydrogens is 369 g/mol. The fourth-order valence-corrected chi connectivity index (χ4v) is 3.24. The van der Waals surface area contributed by atoms with Crippen molar-refractivity contribution in [2.75, 3.05) is 6.26 Å². The van der Waals surface area contributed by atoms with Gasteiger partial charge in [-0.2, -0.15) is 0 Å². The SMILES string of the molecule is CC(=O)CCc1nc(-c2ccc(S(C)(=O)=O)cc2)c(-c2ccc(F)cc2)o1. The van der Waals surface area contributed by atoms with Crippen molar-refractivity contribution in [2.45, 2.75) is 24.7 Å². The first-order valence-electron chi connectivity index (χ1n) is 8.29. The first kappa shape index (κ1) is 19.0. The molecule has 0 aliphatic heterocycles. The van der Waals surface area contributed by atoms with Gasteiger partial charge >= 0.3 is 0 Å². The summed E-state index contributed by atoms with van der Waals surface area (Å²) in [7, 11) is -3.30. The number of hydrogen-bond acceptors (Lipinski definition) is 5. The molecule has 0 bridgehead atoms. The molecule has 0 aliphatic carbocycles. The van der Waals surface area contributed by atoms with Gasteiger partial charge in [0.05, 0.1) is 4.90 Å². The lowest BCUT2D eigenvalue weighted by Gasteiger charge is -2.03. The highest BCUT2D eigenvalue weighted by Crippen LogP contribution is 2.33. The summed E-state index contributed by atoms with van der Waals surface area (Å²) in [6.45, 7) is 1.49. The summed E-state index contributed by atoms with van der Waals surface area (Å²) < 4.78 is 42.4. The van der Waals surface area contributed by atoms with Crippen LogP contribution in [0.3, 0.4) is 0 Å². The van der Waals surface area contributed by atoms with Crippen LogP contribution in [-0.2, 0) is 21.1 Å². The van der Waals surface area contributed by atoms with Crippen molar-refractivity contribution >= 4 is 15.6 Å². The van der Waals surface area contributed by atoms with E-state index in [0.717, 1.165) is 6.26 Å². The van der Waals surface area contributed by atoms with E-state index in [-0.39, 0.29) is 16.5 Å². The van der Waals surface area contributed by atoms with E-state index in [2.05, 4.69) is 4.98 Å². The van der Waals surface area contributed by atoms with Crippen LogP contribution < -0.4 is 0 Å². The van der Waals surface area contributed by atoms with Gasteiger partial charge < -0.3 is 9.21 Å². The number of aryl methyl sites for hydroxylation is 1. The van der Waals surface area contributed by atoms with E-state index in [1.165, 1.54) is 31.2 Å². The van der Waals surface area contributed by atoms with Crippen LogP contribution >= 0.6 is 0 Å². The molecular formula is C20H18FNO4S. The Kier molecular flexibility index (Phi) is 5.23. The zero-order chi connectivity index (χ0) is 19.6. The van der Waals surface area contributed by atoms with Crippen LogP contribution in [-0.4, -0.2) is 25.4 Å². The second-order valence-electron chi connectivity index (χ2n) is 6.29. The predicted octanol–water partition coefficient (Wildman–Crippen LogP) is 4.07. The molecule has 0 spiro atoms. The fraction of sp³-hybridized carbons (Fsp3) is 0.200. The molecule has 0 N–H and O–H groups in total. The zero-order valence-corrected chi connectivity index (χ0v) is 15.7. The third kappa shape index (κ3) is 4.49. The minimum absolute atomic E-state index is 0.0237. The lowest BCUT2D eigenvalue weighted by Crippen LogP contribution is -1.96. The summed E-state index contributed by atoms with van der Waals surface area (Å²) in [5, 5.41) is 0. The van der Waals surface area contributed by atoms with Crippen molar-refractivity contribution in [3.05, 3.63) is 60.2 Å². The second kappa shape index (κ2) is 7.44. The van der Waals surface area contributed by atoms with Crippen LogP contribution in [0.15, 0.2) is 57.8 Å². The van der Waals surface area contributed by atoms with E-state index in [4.69, 9.17) is 4.42 Å².